The highest BCUT2D eigenvalue weighted by Crippen LogP contribution is 2.62. The number of para-hydroxylation sites is 2. The van der Waals surface area contributed by atoms with Crippen LogP contribution in [0, 0.1) is 0 Å². The first-order valence-electron chi connectivity index (χ1n) is 17.4. The van der Waals surface area contributed by atoms with Crippen LogP contribution in [0.2, 0.25) is 0 Å². The number of halogens is 1. The number of fused-ring (bicyclic) bond motifs is 8. The van der Waals surface area contributed by atoms with Crippen LogP contribution in [0.5, 0.6) is 0 Å². The lowest BCUT2D eigenvalue weighted by Gasteiger charge is -2.52. The number of nitrogens with zero attached hydrogens (tertiary/aromatic N) is 1. The summed E-state index contributed by atoms with van der Waals surface area (Å²) in [5.41, 5.74) is 15.6. The Hall–Kier alpha value is -5.18. The van der Waals surface area contributed by atoms with Crippen LogP contribution in [0.15, 0.2) is 182 Å². The van der Waals surface area contributed by atoms with Gasteiger partial charge in [0.25, 0.3) is 0 Å². The first-order valence-corrected chi connectivity index (χ1v) is 18.5. The molecular formula is C48H40BrN. The molecule has 6 aromatic carbocycles. The number of hydrogen-bond donors (Lipinski definition) is 0. The van der Waals surface area contributed by atoms with E-state index in [1.807, 2.05) is 0 Å². The first-order chi connectivity index (χ1) is 24.4. The minimum absolute atomic E-state index is 0.219. The van der Waals surface area contributed by atoms with Crippen LogP contribution < -0.4 is 4.90 Å². The highest BCUT2D eigenvalue weighted by atomic mass is 79.9. The van der Waals surface area contributed by atoms with Gasteiger partial charge in [0.05, 0.1) is 5.41 Å². The fourth-order valence-electron chi connectivity index (χ4n) is 8.36. The molecule has 1 aliphatic carbocycles. The van der Waals surface area contributed by atoms with Crippen LogP contribution in [0.25, 0.3) is 22.3 Å². The first kappa shape index (κ1) is 32.0. The minimum Gasteiger partial charge on any atom is -0.336 e. The molecule has 1 heterocycles. The highest BCUT2D eigenvalue weighted by Gasteiger charge is 2.53. The van der Waals surface area contributed by atoms with Gasteiger partial charge in [-0.2, -0.15) is 0 Å². The molecular weight excluding hydrogens is 670 g/mol. The van der Waals surface area contributed by atoms with Crippen molar-refractivity contribution in [2.24, 2.45) is 0 Å². The van der Waals surface area contributed by atoms with Crippen LogP contribution in [0.4, 0.5) is 11.4 Å². The van der Waals surface area contributed by atoms with E-state index in [2.05, 4.69) is 211 Å². The van der Waals surface area contributed by atoms with Crippen molar-refractivity contribution in [2.75, 3.05) is 16.8 Å². The normalized spacial score (nSPS) is 15.1. The summed E-state index contributed by atoms with van der Waals surface area (Å²) in [5.74, 6) is 0. The summed E-state index contributed by atoms with van der Waals surface area (Å²) >= 11 is 3.48. The second-order valence-electron chi connectivity index (χ2n) is 13.8. The topological polar surface area (TPSA) is 3.24 Å². The zero-order chi connectivity index (χ0) is 34.3. The Morgan fingerprint density at radius 1 is 0.560 bits per heavy atom. The lowest BCUT2D eigenvalue weighted by atomic mass is 9.52. The van der Waals surface area contributed by atoms with E-state index in [-0.39, 0.29) is 5.41 Å². The van der Waals surface area contributed by atoms with Gasteiger partial charge in [0.1, 0.15) is 0 Å². The lowest BCUT2D eigenvalue weighted by Crippen LogP contribution is -2.45. The van der Waals surface area contributed by atoms with Gasteiger partial charge in [-0.15, -0.1) is 0 Å². The van der Waals surface area contributed by atoms with E-state index in [9.17, 15) is 0 Å². The molecule has 0 N–H and O–H groups in total. The maximum Gasteiger partial charge on any atom is 0.0748 e. The summed E-state index contributed by atoms with van der Waals surface area (Å²) in [4.78, 5) is 2.47. The van der Waals surface area contributed by atoms with E-state index in [1.54, 1.807) is 0 Å². The SMILES string of the molecule is C=C(/C=C\C=C/CBr)CN1c2ccccc2C2(c3ccccc31)c1cc(-c3ccccc3)ccc1C(C)(C)c1ccc(-c3ccccc3)cc12. The van der Waals surface area contributed by atoms with Crippen molar-refractivity contribution < 1.29 is 0 Å². The monoisotopic (exact) mass is 709 g/mol. The smallest absolute Gasteiger partial charge is 0.0748 e. The summed E-state index contributed by atoms with van der Waals surface area (Å²) in [5, 5.41) is 0.830. The maximum absolute atomic E-state index is 4.50. The third kappa shape index (κ3) is 5.13. The summed E-state index contributed by atoms with van der Waals surface area (Å²) < 4.78 is 0. The van der Waals surface area contributed by atoms with Gasteiger partial charge < -0.3 is 4.90 Å². The molecule has 0 bridgehead atoms. The van der Waals surface area contributed by atoms with Crippen molar-refractivity contribution in [1.29, 1.82) is 0 Å². The molecule has 0 unspecified atom stereocenters. The van der Waals surface area contributed by atoms with Crippen LogP contribution in [-0.2, 0) is 10.8 Å². The Morgan fingerprint density at radius 3 is 1.54 bits per heavy atom. The number of benzene rings is 6. The predicted molar refractivity (Wildman–Crippen MR) is 216 cm³/mol. The molecule has 1 nitrogen and oxygen atoms in total. The number of anilines is 2. The number of hydrogen-bond acceptors (Lipinski definition) is 1. The molecule has 244 valence electrons. The maximum atomic E-state index is 4.50. The number of alkyl halides is 1. The minimum atomic E-state index is -0.560. The van der Waals surface area contributed by atoms with Gasteiger partial charge in [0.15, 0.2) is 0 Å². The summed E-state index contributed by atoms with van der Waals surface area (Å²) in [7, 11) is 0. The Bertz CT molecular complexity index is 2130. The van der Waals surface area contributed by atoms with Crippen molar-refractivity contribution in [2.45, 2.75) is 24.7 Å². The molecule has 0 fully saturated rings. The standard InChI is InChI=1S/C48H40BrN/c1-34(17-7-6-16-30-49)33-50-45-24-14-12-22-41(45)48(42-23-13-15-25-46(42)50)43-31-37(35-18-8-4-9-19-35)26-28-39(43)47(2,3)40-29-27-38(32-44(40)48)36-20-10-5-11-21-36/h4-29,31-32H,1,30,33H2,2-3H3/b16-6-,17-7-. The van der Waals surface area contributed by atoms with Crippen LogP contribution in [0.1, 0.15) is 47.2 Å². The molecule has 1 spiro atoms. The molecule has 6 aromatic rings. The zero-order valence-electron chi connectivity index (χ0n) is 28.6. The van der Waals surface area contributed by atoms with Crippen molar-refractivity contribution in [3.05, 3.63) is 215 Å². The summed E-state index contributed by atoms with van der Waals surface area (Å²) in [6.07, 6.45) is 8.37. The van der Waals surface area contributed by atoms with E-state index in [4.69, 9.17) is 0 Å². The molecule has 8 rings (SSSR count). The lowest BCUT2D eigenvalue weighted by molar-refractivity contribution is 0.556. The van der Waals surface area contributed by atoms with Crippen LogP contribution in [-0.4, -0.2) is 11.9 Å². The average Bonchev–Trinajstić information content (AvgIpc) is 3.16. The van der Waals surface area contributed by atoms with E-state index < -0.39 is 5.41 Å². The second-order valence-corrected chi connectivity index (χ2v) is 14.5. The molecule has 0 saturated carbocycles. The average molecular weight is 711 g/mol. The molecule has 0 aromatic heterocycles. The molecule has 1 aliphatic heterocycles. The van der Waals surface area contributed by atoms with Gasteiger partial charge in [-0.05, 0) is 85.5 Å². The Morgan fingerprint density at radius 2 is 1.04 bits per heavy atom. The fraction of sp³-hybridized carbons (Fsp3) is 0.125. The molecule has 2 aliphatic rings. The largest absolute Gasteiger partial charge is 0.336 e. The molecule has 2 heteroatoms. The van der Waals surface area contributed by atoms with Gasteiger partial charge in [-0.25, -0.2) is 0 Å². The molecule has 50 heavy (non-hydrogen) atoms. The third-order valence-corrected chi connectivity index (χ3v) is 11.0. The van der Waals surface area contributed by atoms with Crippen LogP contribution in [0.3, 0.4) is 0 Å². The van der Waals surface area contributed by atoms with Crippen molar-refractivity contribution >= 4 is 27.3 Å². The van der Waals surface area contributed by atoms with E-state index in [1.165, 1.54) is 67.0 Å². The van der Waals surface area contributed by atoms with Crippen molar-refractivity contribution in [3.63, 3.8) is 0 Å². The fourth-order valence-corrected chi connectivity index (χ4v) is 8.58. The van der Waals surface area contributed by atoms with Gasteiger partial charge in [-0.1, -0.05) is 182 Å². The summed E-state index contributed by atoms with van der Waals surface area (Å²) in [6.45, 7) is 9.98. The number of rotatable bonds is 7. The second kappa shape index (κ2) is 12.9. The molecule has 0 atom stereocenters. The van der Waals surface area contributed by atoms with Crippen LogP contribution >= 0.6 is 15.9 Å². The van der Waals surface area contributed by atoms with E-state index in [0.29, 0.717) is 6.54 Å². The van der Waals surface area contributed by atoms with E-state index >= 15 is 0 Å². The predicted octanol–water partition coefficient (Wildman–Crippen LogP) is 12.6. The van der Waals surface area contributed by atoms with Crippen molar-refractivity contribution in [1.82, 2.24) is 0 Å². The zero-order valence-corrected chi connectivity index (χ0v) is 30.2. The Labute approximate surface area is 305 Å². The van der Waals surface area contributed by atoms with Gasteiger partial charge in [-0.3, -0.25) is 0 Å². The number of allylic oxidation sites excluding steroid dienone is 3. The van der Waals surface area contributed by atoms with Crippen molar-refractivity contribution in [3.8, 4) is 22.3 Å². The quantitative estimate of drug-likeness (QED) is 0.118. The molecule has 0 saturated heterocycles. The third-order valence-electron chi connectivity index (χ3n) is 10.6. The van der Waals surface area contributed by atoms with Gasteiger partial charge in [0.2, 0.25) is 0 Å². The van der Waals surface area contributed by atoms with Gasteiger partial charge >= 0.3 is 0 Å². The Kier molecular flexibility index (Phi) is 8.29. The summed E-state index contributed by atoms with van der Waals surface area (Å²) in [6, 6.07) is 54.2. The van der Waals surface area contributed by atoms with Gasteiger partial charge in [0, 0.05) is 28.7 Å². The molecule has 0 amide bonds. The van der Waals surface area contributed by atoms with E-state index in [0.717, 1.165) is 10.9 Å². The molecule has 0 radical (unpaired) electrons. The Balaban J connectivity index is 1.46. The highest BCUT2D eigenvalue weighted by molar-refractivity contribution is 9.09.